The molecule has 0 bridgehead atoms. The van der Waals surface area contributed by atoms with Gasteiger partial charge in [-0.1, -0.05) is 31.4 Å². The molecule has 3 fully saturated rings. The van der Waals surface area contributed by atoms with Crippen LogP contribution < -0.4 is 10.6 Å². The standard InChI is InChI=1S/C23H29N3O5S/c1-3-10-26-21(28)18-13(2)8-9-14(19(18)22(26)29)11-31-17(27)7-5-4-6-16-20-15(12-32-16)24-23(30)25-20/h1,8-9,13-16,18-20H,4-7,10-12H2,2H3,(H2,24,25,30)/t13?,14?,15-,16-,18?,19?,20-/m0/s1. The van der Waals surface area contributed by atoms with Crippen molar-refractivity contribution in [3.63, 3.8) is 0 Å². The maximum absolute atomic E-state index is 12.8. The predicted molar refractivity (Wildman–Crippen MR) is 119 cm³/mol. The molecule has 0 spiro atoms. The van der Waals surface area contributed by atoms with Gasteiger partial charge in [0, 0.05) is 23.3 Å². The van der Waals surface area contributed by atoms with E-state index in [0.717, 1.165) is 23.5 Å². The van der Waals surface area contributed by atoms with E-state index in [1.807, 2.05) is 30.8 Å². The summed E-state index contributed by atoms with van der Waals surface area (Å²) >= 11 is 1.86. The Hall–Kier alpha value is -2.47. The molecule has 0 radical (unpaired) electrons. The summed E-state index contributed by atoms with van der Waals surface area (Å²) in [6.45, 7) is 1.98. The summed E-state index contributed by atoms with van der Waals surface area (Å²) in [7, 11) is 0. The van der Waals surface area contributed by atoms with Gasteiger partial charge in [0.2, 0.25) is 11.8 Å². The second-order valence-electron chi connectivity index (χ2n) is 8.98. The second-order valence-corrected chi connectivity index (χ2v) is 10.2. The summed E-state index contributed by atoms with van der Waals surface area (Å²) in [6.07, 6.45) is 12.0. The Morgan fingerprint density at radius 3 is 2.78 bits per heavy atom. The van der Waals surface area contributed by atoms with E-state index >= 15 is 0 Å². The summed E-state index contributed by atoms with van der Waals surface area (Å²) in [4.78, 5) is 50.3. The lowest BCUT2D eigenvalue weighted by atomic mass is 9.73. The van der Waals surface area contributed by atoms with Crippen LogP contribution in [0.25, 0.3) is 0 Å². The van der Waals surface area contributed by atoms with E-state index in [1.54, 1.807) is 0 Å². The van der Waals surface area contributed by atoms with Gasteiger partial charge in [-0.05, 0) is 18.8 Å². The smallest absolute Gasteiger partial charge is 0.315 e. The van der Waals surface area contributed by atoms with Crippen molar-refractivity contribution in [2.45, 2.75) is 49.9 Å². The molecule has 4 rings (SSSR count). The molecule has 0 aromatic rings. The van der Waals surface area contributed by atoms with Gasteiger partial charge in [0.25, 0.3) is 0 Å². The molecule has 1 aliphatic carbocycles. The van der Waals surface area contributed by atoms with Crippen LogP contribution in [0.2, 0.25) is 0 Å². The number of fused-ring (bicyclic) bond motifs is 2. The minimum atomic E-state index is -0.522. The van der Waals surface area contributed by atoms with Crippen LogP contribution in [-0.2, 0) is 19.1 Å². The zero-order valence-electron chi connectivity index (χ0n) is 18.1. The number of ether oxygens (including phenoxy) is 1. The topological polar surface area (TPSA) is 105 Å². The Morgan fingerprint density at radius 1 is 1.22 bits per heavy atom. The fraction of sp³-hybridized carbons (Fsp3) is 0.652. The van der Waals surface area contributed by atoms with Gasteiger partial charge < -0.3 is 15.4 Å². The molecule has 8 nitrogen and oxygen atoms in total. The van der Waals surface area contributed by atoms with Crippen molar-refractivity contribution in [2.75, 3.05) is 18.9 Å². The summed E-state index contributed by atoms with van der Waals surface area (Å²) < 4.78 is 5.47. The van der Waals surface area contributed by atoms with Crippen LogP contribution in [0.4, 0.5) is 4.79 Å². The van der Waals surface area contributed by atoms with E-state index in [0.29, 0.717) is 18.1 Å². The number of likely N-dealkylation sites (tertiary alicyclic amines) is 1. The third-order valence-electron chi connectivity index (χ3n) is 6.92. The third-order valence-corrected chi connectivity index (χ3v) is 8.43. The SMILES string of the molecule is C#CCN1C(=O)C2C(C)C=CC(COC(=O)CCCC[C@@H]3SC[C@@H]4NC(=O)N[C@@H]43)C2C1=O. The lowest BCUT2D eigenvalue weighted by molar-refractivity contribution is -0.147. The summed E-state index contributed by atoms with van der Waals surface area (Å²) in [6, 6.07) is 0.292. The van der Waals surface area contributed by atoms with Crippen molar-refractivity contribution in [3.05, 3.63) is 12.2 Å². The fourth-order valence-electron chi connectivity index (χ4n) is 5.26. The number of hydrogen-bond acceptors (Lipinski definition) is 6. The molecule has 3 aliphatic heterocycles. The van der Waals surface area contributed by atoms with Gasteiger partial charge in [-0.2, -0.15) is 11.8 Å². The number of carbonyl (C=O) groups is 4. The first-order valence-electron chi connectivity index (χ1n) is 11.2. The number of amides is 4. The summed E-state index contributed by atoms with van der Waals surface area (Å²) in [5, 5.41) is 6.28. The molecule has 9 heteroatoms. The molecule has 0 aromatic carbocycles. The van der Waals surface area contributed by atoms with E-state index < -0.39 is 11.8 Å². The Bertz CT molecular complexity index is 868. The van der Waals surface area contributed by atoms with Crippen LogP contribution in [0.5, 0.6) is 0 Å². The number of thioether (sulfide) groups is 1. The number of esters is 1. The minimum Gasteiger partial charge on any atom is -0.465 e. The average Bonchev–Trinajstić information content (AvgIpc) is 3.39. The number of unbranched alkanes of at least 4 members (excludes halogenated alkanes) is 1. The van der Waals surface area contributed by atoms with E-state index in [2.05, 4.69) is 16.6 Å². The largest absolute Gasteiger partial charge is 0.465 e. The highest BCUT2D eigenvalue weighted by atomic mass is 32.2. The first-order valence-corrected chi connectivity index (χ1v) is 12.3. The van der Waals surface area contributed by atoms with E-state index in [4.69, 9.17) is 11.2 Å². The third kappa shape index (κ3) is 4.38. The first-order chi connectivity index (χ1) is 15.4. The number of urea groups is 1. The first kappa shape index (κ1) is 22.7. The van der Waals surface area contributed by atoms with Crippen molar-refractivity contribution >= 4 is 35.6 Å². The molecule has 3 heterocycles. The lowest BCUT2D eigenvalue weighted by Gasteiger charge is -2.29. The number of imide groups is 1. The molecule has 7 atom stereocenters. The Morgan fingerprint density at radius 2 is 2.00 bits per heavy atom. The maximum Gasteiger partial charge on any atom is 0.315 e. The maximum atomic E-state index is 12.8. The second kappa shape index (κ2) is 9.57. The van der Waals surface area contributed by atoms with Gasteiger partial charge in [-0.25, -0.2) is 4.79 Å². The molecule has 3 saturated heterocycles. The molecule has 0 aromatic heterocycles. The molecule has 4 amide bonds. The molecule has 32 heavy (non-hydrogen) atoms. The molecular weight excluding hydrogens is 430 g/mol. The van der Waals surface area contributed by atoms with Crippen molar-refractivity contribution < 1.29 is 23.9 Å². The average molecular weight is 460 g/mol. The lowest BCUT2D eigenvalue weighted by Crippen LogP contribution is -2.36. The highest BCUT2D eigenvalue weighted by molar-refractivity contribution is 8.00. The number of carbonyl (C=O) groups excluding carboxylic acids is 4. The monoisotopic (exact) mass is 459 g/mol. The highest BCUT2D eigenvalue weighted by Crippen LogP contribution is 2.41. The quantitative estimate of drug-likeness (QED) is 0.142. The van der Waals surface area contributed by atoms with Gasteiger partial charge in [-0.3, -0.25) is 19.3 Å². The van der Waals surface area contributed by atoms with Crippen LogP contribution in [0.1, 0.15) is 32.6 Å². The zero-order valence-corrected chi connectivity index (χ0v) is 18.9. The van der Waals surface area contributed by atoms with Crippen molar-refractivity contribution in [1.82, 2.24) is 15.5 Å². The van der Waals surface area contributed by atoms with Crippen molar-refractivity contribution in [1.29, 1.82) is 0 Å². The van der Waals surface area contributed by atoms with Gasteiger partial charge in [0.05, 0.1) is 37.1 Å². The van der Waals surface area contributed by atoms with Gasteiger partial charge in [0.1, 0.15) is 0 Å². The van der Waals surface area contributed by atoms with Crippen LogP contribution >= 0.6 is 11.8 Å². The van der Waals surface area contributed by atoms with Gasteiger partial charge in [0.15, 0.2) is 0 Å². The van der Waals surface area contributed by atoms with Crippen LogP contribution in [0.3, 0.4) is 0 Å². The van der Waals surface area contributed by atoms with E-state index in [1.165, 1.54) is 0 Å². The van der Waals surface area contributed by atoms with Gasteiger partial charge in [-0.15, -0.1) is 6.42 Å². The normalized spacial score (nSPS) is 35.2. The molecular formula is C23H29N3O5S. The Labute approximate surface area is 192 Å². The van der Waals surface area contributed by atoms with Crippen molar-refractivity contribution in [3.8, 4) is 12.3 Å². The Balaban J connectivity index is 1.21. The number of rotatable bonds is 8. The molecule has 2 N–H and O–H groups in total. The number of hydrogen-bond donors (Lipinski definition) is 2. The molecule has 4 aliphatic rings. The zero-order chi connectivity index (χ0) is 22.8. The van der Waals surface area contributed by atoms with Crippen LogP contribution in [-0.4, -0.2) is 65.0 Å². The minimum absolute atomic E-state index is 0.0233. The van der Waals surface area contributed by atoms with Crippen molar-refractivity contribution in [2.24, 2.45) is 23.7 Å². The summed E-state index contributed by atoms with van der Waals surface area (Å²) in [5.74, 6) is 1.17. The number of nitrogens with one attached hydrogen (secondary N) is 2. The molecule has 4 unspecified atom stereocenters. The fourth-order valence-corrected chi connectivity index (χ4v) is 6.80. The Kier molecular flexibility index (Phi) is 6.79. The molecule has 0 saturated carbocycles. The summed E-state index contributed by atoms with van der Waals surface area (Å²) in [5.41, 5.74) is 0. The van der Waals surface area contributed by atoms with Gasteiger partial charge >= 0.3 is 12.0 Å². The van der Waals surface area contributed by atoms with E-state index in [9.17, 15) is 19.2 Å². The molecule has 172 valence electrons. The number of nitrogens with zero attached hydrogens (tertiary/aromatic N) is 1. The van der Waals surface area contributed by atoms with Crippen LogP contribution in [0.15, 0.2) is 12.2 Å². The van der Waals surface area contributed by atoms with Crippen LogP contribution in [0, 0.1) is 36.0 Å². The highest BCUT2D eigenvalue weighted by Gasteiger charge is 2.53. The van der Waals surface area contributed by atoms with E-state index in [-0.39, 0.29) is 60.9 Å². The number of allylic oxidation sites excluding steroid dienone is 1. The predicted octanol–water partition coefficient (Wildman–Crippen LogP) is 1.31. The number of terminal acetylenes is 1.